The zero-order chi connectivity index (χ0) is 7.84. The lowest BCUT2D eigenvalue weighted by atomic mass is 10.5. The van der Waals surface area contributed by atoms with Crippen LogP contribution in [0.25, 0.3) is 5.52 Å². The minimum Gasteiger partial charge on any atom is -0.317 e. The number of hydrogen-bond donors (Lipinski definition) is 1. The molecule has 0 unspecified atom stereocenters. The van der Waals surface area contributed by atoms with Gasteiger partial charge in [0.2, 0.25) is 12.1 Å². The van der Waals surface area contributed by atoms with E-state index < -0.39 is 0 Å². The van der Waals surface area contributed by atoms with Crippen LogP contribution >= 0.6 is 15.9 Å². The van der Waals surface area contributed by atoms with Crippen molar-refractivity contribution in [2.24, 2.45) is 0 Å². The predicted molar refractivity (Wildman–Crippen MR) is 43.9 cm³/mol. The number of H-pyrrole nitrogens is 1. The van der Waals surface area contributed by atoms with Gasteiger partial charge in [0.25, 0.3) is 0 Å². The molecule has 0 amide bonds. The van der Waals surface area contributed by atoms with Crippen LogP contribution in [0.5, 0.6) is 0 Å². The van der Waals surface area contributed by atoms with Crippen LogP contribution in [-0.2, 0) is 0 Å². The third kappa shape index (κ3) is 0.970. The van der Waals surface area contributed by atoms with Crippen molar-refractivity contribution in [3.8, 4) is 0 Å². The first-order chi connectivity index (χ1) is 5.27. The summed E-state index contributed by atoms with van der Waals surface area (Å²) >= 11 is 3.33. The van der Waals surface area contributed by atoms with Crippen molar-refractivity contribution in [1.82, 2.24) is 9.61 Å². The lowest BCUT2D eigenvalue weighted by Crippen LogP contribution is -2.13. The summed E-state index contributed by atoms with van der Waals surface area (Å²) in [5, 5.41) is 4.01. The van der Waals surface area contributed by atoms with E-state index in [0.717, 1.165) is 9.99 Å². The second-order valence-corrected chi connectivity index (χ2v) is 3.11. The maximum Gasteiger partial charge on any atom is 0.248 e. The fourth-order valence-corrected chi connectivity index (χ4v) is 1.36. The highest BCUT2D eigenvalue weighted by Gasteiger charge is 2.04. The Morgan fingerprint density at radius 1 is 1.64 bits per heavy atom. The van der Waals surface area contributed by atoms with Gasteiger partial charge in [0.05, 0.1) is 6.20 Å². The summed E-state index contributed by atoms with van der Waals surface area (Å²) in [4.78, 5) is 2.81. The number of fused-ring (bicyclic) bond motifs is 1. The molecule has 0 radical (unpaired) electrons. The van der Waals surface area contributed by atoms with Gasteiger partial charge < -0.3 is 5.73 Å². The Bertz CT molecular complexity index is 394. The molecule has 0 bridgehead atoms. The van der Waals surface area contributed by atoms with E-state index in [4.69, 9.17) is 5.73 Å². The predicted octanol–water partition coefficient (Wildman–Crippen LogP) is 0.493. The Morgan fingerprint density at radius 2 is 2.45 bits per heavy atom. The number of anilines is 1. The highest BCUT2D eigenvalue weighted by Crippen LogP contribution is 2.15. The molecule has 56 valence electrons. The average molecular weight is 214 g/mol. The number of hydrogen-bond acceptors (Lipinski definition) is 2. The van der Waals surface area contributed by atoms with Crippen LogP contribution in [0.3, 0.4) is 0 Å². The topological polar surface area (TPSA) is 57.5 Å². The molecule has 0 atom stereocenters. The molecule has 11 heavy (non-hydrogen) atoms. The number of halogens is 1. The summed E-state index contributed by atoms with van der Waals surface area (Å²) < 4.78 is 2.67. The second-order valence-electron chi connectivity index (χ2n) is 2.19. The number of rotatable bonds is 0. The zero-order valence-corrected chi connectivity index (χ0v) is 7.17. The number of aromatic nitrogens is 3. The molecular weight excluding hydrogens is 208 g/mol. The second kappa shape index (κ2) is 2.20. The average Bonchev–Trinajstić information content (AvgIpc) is 2.31. The van der Waals surface area contributed by atoms with Crippen LogP contribution in [-0.4, -0.2) is 9.61 Å². The van der Waals surface area contributed by atoms with Crippen LogP contribution in [0.1, 0.15) is 0 Å². The number of nitrogens with two attached hydrogens (primary N) is 1. The SMILES string of the molecule is Nc1[nH+]cnn2cc(Br)cc12. The van der Waals surface area contributed by atoms with E-state index in [-0.39, 0.29) is 0 Å². The molecule has 4 nitrogen and oxygen atoms in total. The van der Waals surface area contributed by atoms with E-state index in [1.165, 1.54) is 0 Å². The summed E-state index contributed by atoms with van der Waals surface area (Å²) in [6, 6.07) is 1.90. The molecule has 2 heterocycles. The van der Waals surface area contributed by atoms with Gasteiger partial charge in [-0.25, -0.2) is 4.98 Å². The Labute approximate surface area is 71.2 Å². The minimum atomic E-state index is 0.616. The molecule has 0 aromatic carbocycles. The van der Waals surface area contributed by atoms with Gasteiger partial charge >= 0.3 is 0 Å². The fraction of sp³-hybridized carbons (Fsp3) is 0. The first kappa shape index (κ1) is 6.60. The van der Waals surface area contributed by atoms with Crippen LogP contribution in [0.15, 0.2) is 23.1 Å². The molecule has 0 saturated heterocycles. The van der Waals surface area contributed by atoms with Gasteiger partial charge in [0.15, 0.2) is 5.52 Å². The van der Waals surface area contributed by atoms with Crippen LogP contribution < -0.4 is 10.7 Å². The van der Waals surface area contributed by atoms with Crippen molar-refractivity contribution in [3.05, 3.63) is 23.1 Å². The fourth-order valence-electron chi connectivity index (χ4n) is 0.952. The van der Waals surface area contributed by atoms with Gasteiger partial charge in [-0.1, -0.05) is 0 Å². The lowest BCUT2D eigenvalue weighted by molar-refractivity contribution is -0.365. The first-order valence-electron chi connectivity index (χ1n) is 3.07. The molecular formula is C6H6BrN4+. The molecule has 0 aliphatic rings. The van der Waals surface area contributed by atoms with E-state index in [1.54, 1.807) is 10.8 Å². The minimum absolute atomic E-state index is 0.616. The van der Waals surface area contributed by atoms with Gasteiger partial charge in [0, 0.05) is 4.47 Å². The molecule has 2 aromatic heterocycles. The zero-order valence-electron chi connectivity index (χ0n) is 5.58. The van der Waals surface area contributed by atoms with Crippen LogP contribution in [0.2, 0.25) is 0 Å². The van der Waals surface area contributed by atoms with Crippen LogP contribution in [0.4, 0.5) is 5.82 Å². The van der Waals surface area contributed by atoms with E-state index in [1.807, 2.05) is 12.3 Å². The summed E-state index contributed by atoms with van der Waals surface area (Å²) in [5.74, 6) is 0.616. The Morgan fingerprint density at radius 3 is 3.18 bits per heavy atom. The monoisotopic (exact) mass is 213 g/mol. The smallest absolute Gasteiger partial charge is 0.248 e. The van der Waals surface area contributed by atoms with Gasteiger partial charge in [-0.15, -0.1) is 0 Å². The lowest BCUT2D eigenvalue weighted by Gasteiger charge is -1.87. The van der Waals surface area contributed by atoms with Crippen molar-refractivity contribution in [2.45, 2.75) is 0 Å². The number of nitrogen functional groups attached to an aromatic ring is 1. The maximum absolute atomic E-state index is 5.63. The highest BCUT2D eigenvalue weighted by atomic mass is 79.9. The summed E-state index contributed by atoms with van der Waals surface area (Å²) in [5.41, 5.74) is 6.51. The van der Waals surface area contributed by atoms with E-state index >= 15 is 0 Å². The standard InChI is InChI=1S/C6H5BrN4/c7-4-1-5-6(8)9-3-10-11(5)2-4/h1-3H,(H2,8,9,10)/p+1. The third-order valence-corrected chi connectivity index (χ3v) is 1.88. The number of nitrogens with one attached hydrogen (secondary N) is 1. The van der Waals surface area contributed by atoms with Crippen molar-refractivity contribution in [1.29, 1.82) is 0 Å². The van der Waals surface area contributed by atoms with Gasteiger partial charge in [-0.3, -0.25) is 0 Å². The van der Waals surface area contributed by atoms with E-state index in [0.29, 0.717) is 5.82 Å². The molecule has 0 spiro atoms. The molecule has 3 N–H and O–H groups in total. The van der Waals surface area contributed by atoms with E-state index in [9.17, 15) is 0 Å². The Kier molecular flexibility index (Phi) is 1.32. The van der Waals surface area contributed by atoms with Gasteiger partial charge in [-0.05, 0) is 27.1 Å². The Hall–Kier alpha value is -1.10. The van der Waals surface area contributed by atoms with Crippen molar-refractivity contribution in [2.75, 3.05) is 5.73 Å². The number of nitrogens with zero attached hydrogens (tertiary/aromatic N) is 2. The third-order valence-electron chi connectivity index (χ3n) is 1.45. The first-order valence-corrected chi connectivity index (χ1v) is 3.87. The molecule has 0 aliphatic heterocycles. The molecule has 2 rings (SSSR count). The summed E-state index contributed by atoms with van der Waals surface area (Å²) in [6.45, 7) is 0. The molecule has 0 aliphatic carbocycles. The summed E-state index contributed by atoms with van der Waals surface area (Å²) in [6.07, 6.45) is 3.40. The van der Waals surface area contributed by atoms with Crippen molar-refractivity contribution >= 4 is 27.3 Å². The van der Waals surface area contributed by atoms with Gasteiger partial charge in [-0.2, -0.15) is 4.52 Å². The quantitative estimate of drug-likeness (QED) is 0.693. The molecule has 0 fully saturated rings. The highest BCUT2D eigenvalue weighted by molar-refractivity contribution is 9.10. The van der Waals surface area contributed by atoms with Crippen LogP contribution in [0, 0.1) is 0 Å². The normalized spacial score (nSPS) is 10.6. The van der Waals surface area contributed by atoms with Crippen molar-refractivity contribution in [3.63, 3.8) is 0 Å². The van der Waals surface area contributed by atoms with Gasteiger partial charge in [0.1, 0.15) is 0 Å². The maximum atomic E-state index is 5.63. The summed E-state index contributed by atoms with van der Waals surface area (Å²) in [7, 11) is 0. The molecule has 0 saturated carbocycles. The Balaban J connectivity index is 2.90. The van der Waals surface area contributed by atoms with E-state index in [2.05, 4.69) is 26.0 Å². The molecule has 2 aromatic rings. The number of aromatic amines is 1. The largest absolute Gasteiger partial charge is 0.317 e. The molecule has 5 heteroatoms. The van der Waals surface area contributed by atoms with Crippen molar-refractivity contribution < 1.29 is 4.98 Å².